The highest BCUT2D eigenvalue weighted by atomic mass is 16.5. The van der Waals surface area contributed by atoms with Crippen LogP contribution in [0.3, 0.4) is 0 Å². The maximum Gasteiger partial charge on any atom is 0.220 e. The molecule has 1 fully saturated rings. The maximum atomic E-state index is 12.1. The molecule has 5 nitrogen and oxygen atoms in total. The van der Waals surface area contributed by atoms with E-state index in [9.17, 15) is 4.79 Å². The van der Waals surface area contributed by atoms with Gasteiger partial charge in [0.2, 0.25) is 5.91 Å². The van der Waals surface area contributed by atoms with Crippen LogP contribution in [-0.4, -0.2) is 39.3 Å². The summed E-state index contributed by atoms with van der Waals surface area (Å²) >= 11 is 0. The molecule has 1 aliphatic heterocycles. The average Bonchev–Trinajstić information content (AvgIpc) is 2.60. The number of rotatable bonds is 8. The fraction of sp³-hybridized carbons (Fsp3) is 0.632. The molecule has 0 spiro atoms. The van der Waals surface area contributed by atoms with Crippen LogP contribution >= 0.6 is 0 Å². The van der Waals surface area contributed by atoms with Crippen molar-refractivity contribution >= 4 is 5.91 Å². The first-order valence-electron chi connectivity index (χ1n) is 8.83. The standard InChI is InChI=1S/C19H30N2O3/c1-14(12-16-4-6-17(23-2)18(13-16)24-3)21-19(22)7-5-15-8-10-20-11-9-15/h4,6,13-15,20H,5,7-12H2,1-3H3,(H,21,22). The zero-order valence-electron chi connectivity index (χ0n) is 15.1. The number of amides is 1. The van der Waals surface area contributed by atoms with Gasteiger partial charge in [0.15, 0.2) is 11.5 Å². The van der Waals surface area contributed by atoms with Crippen molar-refractivity contribution in [2.24, 2.45) is 5.92 Å². The Hall–Kier alpha value is -1.75. The number of methoxy groups -OCH3 is 2. The number of piperidine rings is 1. The third-order valence-electron chi connectivity index (χ3n) is 4.64. The zero-order chi connectivity index (χ0) is 17.4. The van der Waals surface area contributed by atoms with Gasteiger partial charge in [0.1, 0.15) is 0 Å². The summed E-state index contributed by atoms with van der Waals surface area (Å²) in [6.45, 7) is 4.21. The van der Waals surface area contributed by atoms with Crippen molar-refractivity contribution in [1.29, 1.82) is 0 Å². The molecule has 1 saturated heterocycles. The SMILES string of the molecule is COc1ccc(CC(C)NC(=O)CCC2CCNCC2)cc1OC. The molecule has 134 valence electrons. The molecule has 0 aromatic heterocycles. The van der Waals surface area contributed by atoms with E-state index in [1.54, 1.807) is 14.2 Å². The second-order valence-electron chi connectivity index (χ2n) is 6.59. The minimum absolute atomic E-state index is 0.101. The number of hydrogen-bond donors (Lipinski definition) is 2. The first-order chi connectivity index (χ1) is 11.6. The van der Waals surface area contributed by atoms with E-state index in [4.69, 9.17) is 9.47 Å². The van der Waals surface area contributed by atoms with Gasteiger partial charge in [0, 0.05) is 12.5 Å². The van der Waals surface area contributed by atoms with Crippen molar-refractivity contribution in [2.45, 2.75) is 45.1 Å². The largest absolute Gasteiger partial charge is 0.493 e. The molecular formula is C19H30N2O3. The Balaban J connectivity index is 1.77. The molecule has 1 aromatic rings. The van der Waals surface area contributed by atoms with E-state index in [1.807, 2.05) is 25.1 Å². The van der Waals surface area contributed by atoms with E-state index >= 15 is 0 Å². The average molecular weight is 334 g/mol. The molecular weight excluding hydrogens is 304 g/mol. The molecule has 2 rings (SSSR count). The van der Waals surface area contributed by atoms with Crippen LogP contribution in [0.2, 0.25) is 0 Å². The van der Waals surface area contributed by atoms with Gasteiger partial charge >= 0.3 is 0 Å². The fourth-order valence-corrected chi connectivity index (χ4v) is 3.26. The normalized spacial score (nSPS) is 16.5. The van der Waals surface area contributed by atoms with Crippen molar-refractivity contribution < 1.29 is 14.3 Å². The third-order valence-corrected chi connectivity index (χ3v) is 4.64. The second kappa shape index (κ2) is 9.52. The smallest absolute Gasteiger partial charge is 0.220 e. The molecule has 0 saturated carbocycles. The Bertz CT molecular complexity index is 527. The lowest BCUT2D eigenvalue weighted by molar-refractivity contribution is -0.122. The third kappa shape index (κ3) is 5.71. The number of benzene rings is 1. The number of hydrogen-bond acceptors (Lipinski definition) is 4. The fourth-order valence-electron chi connectivity index (χ4n) is 3.26. The predicted octanol–water partition coefficient (Wildman–Crippen LogP) is 2.53. The maximum absolute atomic E-state index is 12.1. The summed E-state index contributed by atoms with van der Waals surface area (Å²) in [5.74, 6) is 2.29. The minimum atomic E-state index is 0.101. The van der Waals surface area contributed by atoms with Gasteiger partial charge in [0.25, 0.3) is 0 Å². The van der Waals surface area contributed by atoms with E-state index in [-0.39, 0.29) is 11.9 Å². The van der Waals surface area contributed by atoms with Crippen LogP contribution in [0.1, 0.15) is 38.2 Å². The molecule has 0 radical (unpaired) electrons. The van der Waals surface area contributed by atoms with Crippen LogP contribution < -0.4 is 20.1 Å². The summed E-state index contributed by atoms with van der Waals surface area (Å²) in [4.78, 5) is 12.1. The molecule has 1 atom stereocenters. The first kappa shape index (κ1) is 18.6. The van der Waals surface area contributed by atoms with Gasteiger partial charge < -0.3 is 20.1 Å². The van der Waals surface area contributed by atoms with Gasteiger partial charge in [-0.2, -0.15) is 0 Å². The molecule has 1 aliphatic rings. The summed E-state index contributed by atoms with van der Waals surface area (Å²) < 4.78 is 10.6. The topological polar surface area (TPSA) is 59.6 Å². The van der Waals surface area contributed by atoms with Crippen molar-refractivity contribution in [2.75, 3.05) is 27.3 Å². The summed E-state index contributed by atoms with van der Waals surface area (Å²) in [6.07, 6.45) is 4.78. The summed E-state index contributed by atoms with van der Waals surface area (Å²) in [7, 11) is 3.26. The zero-order valence-corrected chi connectivity index (χ0v) is 15.1. The highest BCUT2D eigenvalue weighted by Gasteiger charge is 2.16. The molecule has 1 amide bonds. The van der Waals surface area contributed by atoms with E-state index in [0.29, 0.717) is 12.3 Å². The summed E-state index contributed by atoms with van der Waals surface area (Å²) in [5.41, 5.74) is 1.12. The van der Waals surface area contributed by atoms with Gasteiger partial charge in [-0.05, 0) is 69.3 Å². The number of nitrogens with one attached hydrogen (secondary N) is 2. The molecule has 0 bridgehead atoms. The van der Waals surface area contributed by atoms with E-state index < -0.39 is 0 Å². The van der Waals surface area contributed by atoms with Crippen molar-refractivity contribution in [1.82, 2.24) is 10.6 Å². The summed E-state index contributed by atoms with van der Waals surface area (Å²) in [5, 5.41) is 6.47. The quantitative estimate of drug-likeness (QED) is 0.767. The lowest BCUT2D eigenvalue weighted by Gasteiger charge is -2.22. The first-order valence-corrected chi connectivity index (χ1v) is 8.83. The van der Waals surface area contributed by atoms with Crippen molar-refractivity contribution in [3.05, 3.63) is 23.8 Å². The number of ether oxygens (including phenoxy) is 2. The molecule has 0 aliphatic carbocycles. The van der Waals surface area contributed by atoms with E-state index in [2.05, 4.69) is 10.6 Å². The van der Waals surface area contributed by atoms with Gasteiger partial charge in [-0.15, -0.1) is 0 Å². The Morgan fingerprint density at radius 3 is 2.62 bits per heavy atom. The molecule has 24 heavy (non-hydrogen) atoms. The van der Waals surface area contributed by atoms with E-state index in [0.717, 1.165) is 43.0 Å². The Morgan fingerprint density at radius 2 is 1.96 bits per heavy atom. The molecule has 2 N–H and O–H groups in total. The lowest BCUT2D eigenvalue weighted by atomic mass is 9.93. The molecule has 1 aromatic carbocycles. The van der Waals surface area contributed by atoms with Crippen LogP contribution in [0.15, 0.2) is 18.2 Å². The van der Waals surface area contributed by atoms with Crippen molar-refractivity contribution in [3.8, 4) is 11.5 Å². The minimum Gasteiger partial charge on any atom is -0.493 e. The highest BCUT2D eigenvalue weighted by molar-refractivity contribution is 5.76. The summed E-state index contributed by atoms with van der Waals surface area (Å²) in [6, 6.07) is 5.98. The molecule has 1 heterocycles. The predicted molar refractivity (Wildman–Crippen MR) is 95.7 cm³/mol. The number of carbonyl (C=O) groups is 1. The second-order valence-corrected chi connectivity index (χ2v) is 6.59. The molecule has 1 unspecified atom stereocenters. The Labute approximate surface area is 145 Å². The van der Waals surface area contributed by atoms with Crippen LogP contribution in [0.5, 0.6) is 11.5 Å². The Kier molecular flexibility index (Phi) is 7.37. The Morgan fingerprint density at radius 1 is 1.25 bits per heavy atom. The van der Waals surface area contributed by atoms with Crippen LogP contribution in [0.4, 0.5) is 0 Å². The number of carbonyl (C=O) groups excluding carboxylic acids is 1. The van der Waals surface area contributed by atoms with Gasteiger partial charge in [-0.1, -0.05) is 6.07 Å². The van der Waals surface area contributed by atoms with E-state index in [1.165, 1.54) is 12.8 Å². The van der Waals surface area contributed by atoms with Crippen LogP contribution in [0, 0.1) is 5.92 Å². The van der Waals surface area contributed by atoms with Gasteiger partial charge in [-0.3, -0.25) is 4.79 Å². The van der Waals surface area contributed by atoms with Gasteiger partial charge in [0.05, 0.1) is 14.2 Å². The van der Waals surface area contributed by atoms with Gasteiger partial charge in [-0.25, -0.2) is 0 Å². The van der Waals surface area contributed by atoms with Crippen LogP contribution in [-0.2, 0) is 11.2 Å². The lowest BCUT2D eigenvalue weighted by Crippen LogP contribution is -2.35. The highest BCUT2D eigenvalue weighted by Crippen LogP contribution is 2.28. The monoisotopic (exact) mass is 334 g/mol. The molecule has 5 heteroatoms. The van der Waals surface area contributed by atoms with Crippen molar-refractivity contribution in [3.63, 3.8) is 0 Å². The van der Waals surface area contributed by atoms with Crippen LogP contribution in [0.25, 0.3) is 0 Å².